The van der Waals surface area contributed by atoms with Crippen molar-refractivity contribution in [3.8, 4) is 0 Å². The molecule has 90 valence electrons. The van der Waals surface area contributed by atoms with E-state index in [9.17, 15) is 9.90 Å². The van der Waals surface area contributed by atoms with Gasteiger partial charge in [0.05, 0.1) is 0 Å². The van der Waals surface area contributed by atoms with Crippen LogP contribution in [0.1, 0.15) is 37.0 Å². The Morgan fingerprint density at radius 3 is 2.59 bits per heavy atom. The Labute approximate surface area is 102 Å². The van der Waals surface area contributed by atoms with Crippen LogP contribution in [0.25, 0.3) is 5.57 Å². The van der Waals surface area contributed by atoms with E-state index in [0.717, 1.165) is 17.6 Å². The Morgan fingerprint density at radius 2 is 2.00 bits per heavy atom. The molecule has 0 saturated heterocycles. The van der Waals surface area contributed by atoms with E-state index >= 15 is 0 Å². The number of aliphatic carboxylic acids is 1. The third kappa shape index (κ3) is 1.99. The van der Waals surface area contributed by atoms with Crippen LogP contribution in [0.15, 0.2) is 23.8 Å². The van der Waals surface area contributed by atoms with Crippen LogP contribution in [0.2, 0.25) is 0 Å². The number of carboxylic acid groups (broad SMARTS) is 1. The highest BCUT2D eigenvalue weighted by molar-refractivity contribution is 5.98. The molecule has 0 aromatic heterocycles. The van der Waals surface area contributed by atoms with Gasteiger partial charge in [-0.2, -0.15) is 0 Å². The van der Waals surface area contributed by atoms with Gasteiger partial charge in [-0.25, -0.2) is 4.79 Å². The van der Waals surface area contributed by atoms with Gasteiger partial charge >= 0.3 is 5.97 Å². The van der Waals surface area contributed by atoms with Crippen molar-refractivity contribution in [2.24, 2.45) is 5.92 Å². The van der Waals surface area contributed by atoms with Gasteiger partial charge < -0.3 is 5.11 Å². The molecule has 0 unspecified atom stereocenters. The maximum Gasteiger partial charge on any atom is 0.331 e. The fraction of sp³-hybridized carbons (Fsp3) is 0.400. The van der Waals surface area contributed by atoms with E-state index in [1.807, 2.05) is 6.07 Å². The van der Waals surface area contributed by atoms with Crippen LogP contribution in [0.3, 0.4) is 0 Å². The molecule has 0 heterocycles. The fourth-order valence-electron chi connectivity index (χ4n) is 2.72. The van der Waals surface area contributed by atoms with Crippen LogP contribution in [-0.2, 0) is 11.2 Å². The summed E-state index contributed by atoms with van der Waals surface area (Å²) in [6.07, 6.45) is 1.50. The van der Waals surface area contributed by atoms with Crippen molar-refractivity contribution in [2.75, 3.05) is 0 Å². The number of benzene rings is 1. The van der Waals surface area contributed by atoms with E-state index in [2.05, 4.69) is 32.9 Å². The zero-order chi connectivity index (χ0) is 12.6. The average molecular weight is 230 g/mol. The zero-order valence-corrected chi connectivity index (χ0v) is 10.6. The first kappa shape index (κ1) is 11.9. The molecule has 0 bridgehead atoms. The third-order valence-electron chi connectivity index (χ3n) is 3.49. The summed E-state index contributed by atoms with van der Waals surface area (Å²) < 4.78 is 0. The van der Waals surface area contributed by atoms with Crippen molar-refractivity contribution in [3.63, 3.8) is 0 Å². The van der Waals surface area contributed by atoms with Crippen molar-refractivity contribution < 1.29 is 9.90 Å². The summed E-state index contributed by atoms with van der Waals surface area (Å²) in [4.78, 5) is 11.3. The van der Waals surface area contributed by atoms with Gasteiger partial charge in [-0.3, -0.25) is 0 Å². The van der Waals surface area contributed by atoms with Gasteiger partial charge in [0, 0.05) is 5.57 Å². The number of hydrogen-bond donors (Lipinski definition) is 1. The summed E-state index contributed by atoms with van der Waals surface area (Å²) in [5.74, 6) is -0.511. The number of fused-ring (bicyclic) bond motifs is 1. The topological polar surface area (TPSA) is 37.3 Å². The Balaban J connectivity index is 2.68. The van der Waals surface area contributed by atoms with Crippen molar-refractivity contribution in [1.29, 1.82) is 0 Å². The van der Waals surface area contributed by atoms with Gasteiger partial charge in [-0.15, -0.1) is 0 Å². The second kappa shape index (κ2) is 4.36. The molecular weight excluding hydrogens is 212 g/mol. The van der Waals surface area contributed by atoms with Crippen LogP contribution < -0.4 is 0 Å². The van der Waals surface area contributed by atoms with Crippen LogP contribution >= 0.6 is 0 Å². The monoisotopic (exact) mass is 230 g/mol. The smallest absolute Gasteiger partial charge is 0.331 e. The highest BCUT2D eigenvalue weighted by Crippen LogP contribution is 2.37. The SMILES string of the molecule is Cc1cccc2c1CCC(C(=O)O)=C2C(C)C. The molecule has 1 aromatic rings. The predicted molar refractivity (Wildman–Crippen MR) is 68.9 cm³/mol. The Bertz CT molecular complexity index is 496. The molecule has 0 atom stereocenters. The molecule has 0 aliphatic heterocycles. The third-order valence-corrected chi connectivity index (χ3v) is 3.49. The molecular formula is C15H18O2. The lowest BCUT2D eigenvalue weighted by atomic mass is 9.79. The lowest BCUT2D eigenvalue weighted by molar-refractivity contribution is -0.132. The van der Waals surface area contributed by atoms with Crippen molar-refractivity contribution in [2.45, 2.75) is 33.6 Å². The Morgan fingerprint density at radius 1 is 1.29 bits per heavy atom. The van der Waals surface area contributed by atoms with Gasteiger partial charge in [-0.1, -0.05) is 32.0 Å². The fourth-order valence-corrected chi connectivity index (χ4v) is 2.72. The summed E-state index contributed by atoms with van der Waals surface area (Å²) in [5, 5.41) is 9.29. The highest BCUT2D eigenvalue weighted by Gasteiger charge is 2.25. The molecule has 1 N–H and O–H groups in total. The van der Waals surface area contributed by atoms with E-state index < -0.39 is 5.97 Å². The molecule has 17 heavy (non-hydrogen) atoms. The summed E-state index contributed by atoms with van der Waals surface area (Å²) in [6.45, 7) is 6.23. The summed E-state index contributed by atoms with van der Waals surface area (Å²) >= 11 is 0. The second-order valence-corrected chi connectivity index (χ2v) is 4.95. The molecule has 0 radical (unpaired) electrons. The normalized spacial score (nSPS) is 15.1. The summed E-state index contributed by atoms with van der Waals surface area (Å²) in [7, 11) is 0. The lowest BCUT2D eigenvalue weighted by Crippen LogP contribution is -2.15. The Kier molecular flexibility index (Phi) is 3.05. The van der Waals surface area contributed by atoms with E-state index in [0.29, 0.717) is 12.0 Å². The molecule has 1 aromatic carbocycles. The van der Waals surface area contributed by atoms with Gasteiger partial charge in [0.2, 0.25) is 0 Å². The van der Waals surface area contributed by atoms with E-state index in [-0.39, 0.29) is 5.92 Å². The maximum atomic E-state index is 11.3. The second-order valence-electron chi connectivity index (χ2n) is 4.95. The molecule has 1 aliphatic carbocycles. The molecule has 0 spiro atoms. The summed E-state index contributed by atoms with van der Waals surface area (Å²) in [5.41, 5.74) is 5.34. The van der Waals surface area contributed by atoms with Crippen LogP contribution in [0.5, 0.6) is 0 Å². The van der Waals surface area contributed by atoms with Crippen LogP contribution in [0, 0.1) is 12.8 Å². The molecule has 2 nitrogen and oxygen atoms in total. The van der Waals surface area contributed by atoms with Crippen molar-refractivity contribution in [1.82, 2.24) is 0 Å². The minimum absolute atomic E-state index is 0.252. The molecule has 2 rings (SSSR count). The number of rotatable bonds is 2. The standard InChI is InChI=1S/C15H18O2/c1-9(2)14-12-6-4-5-10(3)11(12)7-8-13(14)15(16)17/h4-6,9H,7-8H2,1-3H3,(H,16,17). The first-order valence-corrected chi connectivity index (χ1v) is 6.07. The van der Waals surface area contributed by atoms with Gasteiger partial charge in [0.1, 0.15) is 0 Å². The van der Waals surface area contributed by atoms with E-state index in [1.54, 1.807) is 0 Å². The number of carbonyl (C=O) groups is 1. The largest absolute Gasteiger partial charge is 0.478 e. The molecule has 0 fully saturated rings. The number of allylic oxidation sites excluding steroid dienone is 1. The van der Waals surface area contributed by atoms with Gasteiger partial charge in [0.25, 0.3) is 0 Å². The first-order valence-electron chi connectivity index (χ1n) is 6.07. The van der Waals surface area contributed by atoms with Crippen molar-refractivity contribution >= 4 is 11.5 Å². The molecule has 2 heteroatoms. The quantitative estimate of drug-likeness (QED) is 0.845. The number of aryl methyl sites for hydroxylation is 1. The first-order chi connectivity index (χ1) is 8.02. The Hall–Kier alpha value is -1.57. The van der Waals surface area contributed by atoms with E-state index in [1.165, 1.54) is 11.1 Å². The van der Waals surface area contributed by atoms with Gasteiger partial charge in [0.15, 0.2) is 0 Å². The number of hydrogen-bond acceptors (Lipinski definition) is 1. The number of carboxylic acids is 1. The lowest BCUT2D eigenvalue weighted by Gasteiger charge is -2.25. The van der Waals surface area contributed by atoms with Crippen molar-refractivity contribution in [3.05, 3.63) is 40.5 Å². The van der Waals surface area contributed by atoms with Crippen LogP contribution in [0.4, 0.5) is 0 Å². The predicted octanol–water partition coefficient (Wildman–Crippen LogP) is 3.44. The average Bonchev–Trinajstić information content (AvgIpc) is 2.27. The maximum absolute atomic E-state index is 11.3. The minimum atomic E-state index is -0.763. The molecule has 0 amide bonds. The van der Waals surface area contributed by atoms with E-state index in [4.69, 9.17) is 0 Å². The van der Waals surface area contributed by atoms with Gasteiger partial charge in [-0.05, 0) is 47.9 Å². The highest BCUT2D eigenvalue weighted by atomic mass is 16.4. The summed E-state index contributed by atoms with van der Waals surface area (Å²) in [6, 6.07) is 6.17. The molecule has 1 aliphatic rings. The zero-order valence-electron chi connectivity index (χ0n) is 10.6. The molecule has 0 saturated carbocycles. The minimum Gasteiger partial charge on any atom is -0.478 e. The van der Waals surface area contributed by atoms with Crippen LogP contribution in [-0.4, -0.2) is 11.1 Å².